The van der Waals surface area contributed by atoms with Crippen LogP contribution < -0.4 is 0 Å². The van der Waals surface area contributed by atoms with Gasteiger partial charge in [0, 0.05) is 24.7 Å². The van der Waals surface area contributed by atoms with E-state index in [9.17, 15) is 10.2 Å². The third-order valence-electron chi connectivity index (χ3n) is 5.20. The molecule has 4 rings (SSSR count). The van der Waals surface area contributed by atoms with Crippen LogP contribution in [0.15, 0.2) is 83.7 Å². The monoisotopic (exact) mass is 334 g/mol. The summed E-state index contributed by atoms with van der Waals surface area (Å²) in [6.45, 7) is 0. The second kappa shape index (κ2) is 6.67. The highest BCUT2D eigenvalue weighted by Crippen LogP contribution is 2.43. The van der Waals surface area contributed by atoms with Gasteiger partial charge in [0.1, 0.15) is 23.0 Å². The van der Waals surface area contributed by atoms with Crippen molar-refractivity contribution >= 4 is 0 Å². The standard InChI is InChI=1S/C22H22O3/c23-21-17(15-7-3-1-4-8-15)11-13-19(21)25-20-14-12-18(22(20)24)16-9-5-2-6-10-16/h1-10,17-18,23-24H,11-14H2. The first-order chi connectivity index (χ1) is 12.2. The lowest BCUT2D eigenvalue weighted by Crippen LogP contribution is -2.00. The maximum Gasteiger partial charge on any atom is 0.142 e. The topological polar surface area (TPSA) is 49.7 Å². The molecule has 2 aromatic carbocycles. The molecule has 0 heterocycles. The highest BCUT2D eigenvalue weighted by molar-refractivity contribution is 5.34. The molecule has 2 aliphatic carbocycles. The van der Waals surface area contributed by atoms with Crippen LogP contribution in [0.1, 0.15) is 48.6 Å². The largest absolute Gasteiger partial charge is 0.508 e. The van der Waals surface area contributed by atoms with Gasteiger partial charge in [0.15, 0.2) is 0 Å². The van der Waals surface area contributed by atoms with E-state index in [4.69, 9.17) is 4.74 Å². The molecule has 0 radical (unpaired) electrons. The minimum Gasteiger partial charge on any atom is -0.508 e. The fraction of sp³-hybridized carbons (Fsp3) is 0.273. The van der Waals surface area contributed by atoms with E-state index in [1.807, 2.05) is 60.7 Å². The SMILES string of the molecule is OC1=C(OC2=C(O)C(c3ccccc3)CC2)CCC1c1ccccc1. The van der Waals surface area contributed by atoms with Crippen LogP contribution in [-0.2, 0) is 4.74 Å². The Labute approximate surface area is 147 Å². The third kappa shape index (κ3) is 3.02. The zero-order chi connectivity index (χ0) is 17.2. The molecule has 0 saturated heterocycles. The Morgan fingerprint density at radius 2 is 1.04 bits per heavy atom. The highest BCUT2D eigenvalue weighted by Gasteiger charge is 2.32. The maximum atomic E-state index is 10.6. The molecule has 0 spiro atoms. The summed E-state index contributed by atoms with van der Waals surface area (Å²) < 4.78 is 5.96. The van der Waals surface area contributed by atoms with E-state index in [2.05, 4.69) is 0 Å². The van der Waals surface area contributed by atoms with Gasteiger partial charge in [-0.1, -0.05) is 60.7 Å². The molecular formula is C22H22O3. The van der Waals surface area contributed by atoms with Crippen molar-refractivity contribution in [3.05, 3.63) is 94.8 Å². The summed E-state index contributed by atoms with van der Waals surface area (Å²) in [5.74, 6) is 1.79. The number of ether oxygens (including phenoxy) is 1. The third-order valence-corrected chi connectivity index (χ3v) is 5.20. The molecule has 128 valence electrons. The van der Waals surface area contributed by atoms with Crippen molar-refractivity contribution < 1.29 is 14.9 Å². The molecule has 0 bridgehead atoms. The zero-order valence-corrected chi connectivity index (χ0v) is 14.1. The Hall–Kier alpha value is -2.68. The minimum absolute atomic E-state index is 0.00901. The van der Waals surface area contributed by atoms with Gasteiger partial charge in [-0.15, -0.1) is 0 Å². The predicted octanol–water partition coefficient (Wildman–Crippen LogP) is 5.70. The van der Waals surface area contributed by atoms with Crippen molar-refractivity contribution in [1.29, 1.82) is 0 Å². The molecule has 3 heteroatoms. The van der Waals surface area contributed by atoms with E-state index in [1.165, 1.54) is 0 Å². The van der Waals surface area contributed by atoms with Gasteiger partial charge in [0.05, 0.1) is 0 Å². The Kier molecular flexibility index (Phi) is 4.22. The molecule has 2 aromatic rings. The number of benzene rings is 2. The van der Waals surface area contributed by atoms with E-state index in [0.29, 0.717) is 35.9 Å². The maximum absolute atomic E-state index is 10.6. The molecule has 2 aliphatic rings. The lowest BCUT2D eigenvalue weighted by Gasteiger charge is -2.12. The summed E-state index contributed by atoms with van der Waals surface area (Å²) in [7, 11) is 0. The minimum atomic E-state index is -0.00901. The summed E-state index contributed by atoms with van der Waals surface area (Å²) >= 11 is 0. The molecule has 2 atom stereocenters. The van der Waals surface area contributed by atoms with Gasteiger partial charge in [-0.3, -0.25) is 0 Å². The van der Waals surface area contributed by atoms with Crippen LogP contribution in [0.5, 0.6) is 0 Å². The first kappa shape index (κ1) is 15.8. The van der Waals surface area contributed by atoms with Gasteiger partial charge in [-0.2, -0.15) is 0 Å². The molecule has 3 nitrogen and oxygen atoms in total. The van der Waals surface area contributed by atoms with E-state index < -0.39 is 0 Å². The molecule has 0 aromatic heterocycles. The van der Waals surface area contributed by atoms with Crippen LogP contribution in [0.4, 0.5) is 0 Å². The van der Waals surface area contributed by atoms with Gasteiger partial charge in [0.2, 0.25) is 0 Å². The predicted molar refractivity (Wildman–Crippen MR) is 97.2 cm³/mol. The Bertz CT molecular complexity index is 736. The Morgan fingerprint density at radius 1 is 0.640 bits per heavy atom. The second-order valence-corrected chi connectivity index (χ2v) is 6.72. The van der Waals surface area contributed by atoms with Crippen molar-refractivity contribution in [2.24, 2.45) is 0 Å². The lowest BCUT2D eigenvalue weighted by atomic mass is 9.98. The van der Waals surface area contributed by atoms with Gasteiger partial charge >= 0.3 is 0 Å². The zero-order valence-electron chi connectivity index (χ0n) is 14.1. The van der Waals surface area contributed by atoms with Crippen LogP contribution in [0.25, 0.3) is 0 Å². The van der Waals surface area contributed by atoms with Crippen molar-refractivity contribution in [2.45, 2.75) is 37.5 Å². The average molecular weight is 334 g/mol. The quantitative estimate of drug-likeness (QED) is 0.754. The van der Waals surface area contributed by atoms with Crippen LogP contribution in [0.3, 0.4) is 0 Å². The Morgan fingerprint density at radius 3 is 1.44 bits per heavy atom. The summed E-state index contributed by atoms with van der Waals surface area (Å²) in [5, 5.41) is 21.2. The first-order valence-electron chi connectivity index (χ1n) is 8.86. The number of hydrogen-bond donors (Lipinski definition) is 2. The molecule has 0 amide bonds. The van der Waals surface area contributed by atoms with E-state index in [0.717, 1.165) is 24.0 Å². The van der Waals surface area contributed by atoms with Crippen molar-refractivity contribution in [3.63, 3.8) is 0 Å². The fourth-order valence-electron chi connectivity index (χ4n) is 3.84. The summed E-state index contributed by atoms with van der Waals surface area (Å²) in [4.78, 5) is 0. The number of hydrogen-bond acceptors (Lipinski definition) is 3. The Balaban J connectivity index is 1.54. The van der Waals surface area contributed by atoms with Crippen LogP contribution >= 0.6 is 0 Å². The number of rotatable bonds is 4. The van der Waals surface area contributed by atoms with Gasteiger partial charge < -0.3 is 14.9 Å². The number of allylic oxidation sites excluding steroid dienone is 4. The lowest BCUT2D eigenvalue weighted by molar-refractivity contribution is 0.237. The van der Waals surface area contributed by atoms with Crippen LogP contribution in [-0.4, -0.2) is 10.2 Å². The normalized spacial score (nSPS) is 23.4. The van der Waals surface area contributed by atoms with Gasteiger partial charge in [0.25, 0.3) is 0 Å². The summed E-state index contributed by atoms with van der Waals surface area (Å²) in [6, 6.07) is 20.0. The van der Waals surface area contributed by atoms with Crippen molar-refractivity contribution in [1.82, 2.24) is 0 Å². The molecule has 2 N–H and O–H groups in total. The van der Waals surface area contributed by atoms with E-state index >= 15 is 0 Å². The molecular weight excluding hydrogens is 312 g/mol. The average Bonchev–Trinajstić information content (AvgIpc) is 3.20. The molecule has 2 unspecified atom stereocenters. The van der Waals surface area contributed by atoms with Crippen LogP contribution in [0.2, 0.25) is 0 Å². The number of aliphatic hydroxyl groups is 2. The van der Waals surface area contributed by atoms with E-state index in [1.54, 1.807) is 0 Å². The second-order valence-electron chi connectivity index (χ2n) is 6.72. The molecule has 25 heavy (non-hydrogen) atoms. The number of aliphatic hydroxyl groups excluding tert-OH is 2. The summed E-state index contributed by atoms with van der Waals surface area (Å²) in [5.41, 5.74) is 2.20. The smallest absolute Gasteiger partial charge is 0.142 e. The summed E-state index contributed by atoms with van der Waals surface area (Å²) in [6.07, 6.45) is 3.05. The van der Waals surface area contributed by atoms with Crippen molar-refractivity contribution in [2.75, 3.05) is 0 Å². The highest BCUT2D eigenvalue weighted by atomic mass is 16.5. The first-order valence-corrected chi connectivity index (χ1v) is 8.86. The van der Waals surface area contributed by atoms with Crippen molar-refractivity contribution in [3.8, 4) is 0 Å². The van der Waals surface area contributed by atoms with E-state index in [-0.39, 0.29) is 11.8 Å². The van der Waals surface area contributed by atoms with Gasteiger partial charge in [-0.05, 0) is 24.0 Å². The molecule has 0 aliphatic heterocycles. The van der Waals surface area contributed by atoms with Gasteiger partial charge in [-0.25, -0.2) is 0 Å². The van der Waals surface area contributed by atoms with Crippen LogP contribution in [0, 0.1) is 0 Å². The molecule has 0 saturated carbocycles. The molecule has 0 fully saturated rings. The fourth-order valence-corrected chi connectivity index (χ4v) is 3.84.